The van der Waals surface area contributed by atoms with Crippen molar-refractivity contribution in [2.75, 3.05) is 12.9 Å². The first-order valence-corrected chi connectivity index (χ1v) is 9.45. The highest BCUT2D eigenvalue weighted by Gasteiger charge is 2.20. The van der Waals surface area contributed by atoms with Crippen molar-refractivity contribution >= 4 is 34.3 Å². The van der Waals surface area contributed by atoms with E-state index in [9.17, 15) is 9.59 Å². The molecular weight excluding hydrogens is 378 g/mol. The zero-order valence-corrected chi connectivity index (χ0v) is 16.1. The van der Waals surface area contributed by atoms with Gasteiger partial charge in [-0.1, -0.05) is 30.0 Å². The van der Waals surface area contributed by atoms with Crippen molar-refractivity contribution in [1.82, 2.24) is 19.2 Å². The zero-order chi connectivity index (χ0) is 19.8. The van der Waals surface area contributed by atoms with Crippen LogP contribution in [0.25, 0.3) is 22.4 Å². The molecule has 142 valence electrons. The molecule has 8 nitrogen and oxygen atoms in total. The number of carbonyl (C=O) groups is 1. The highest BCUT2D eigenvalue weighted by molar-refractivity contribution is 7.99. The lowest BCUT2D eigenvalue weighted by molar-refractivity contribution is -0.115. The molecule has 0 atom stereocenters. The number of nitrogens with two attached hydrogens (primary N) is 1. The summed E-state index contributed by atoms with van der Waals surface area (Å²) in [5.74, 6) is 0.473. The zero-order valence-electron chi connectivity index (χ0n) is 15.2. The molecular formula is C19H17N5O3S. The number of primary amides is 1. The molecule has 2 heterocycles. The van der Waals surface area contributed by atoms with Gasteiger partial charge in [-0.25, -0.2) is 4.57 Å². The van der Waals surface area contributed by atoms with Crippen LogP contribution >= 0.6 is 11.8 Å². The Morgan fingerprint density at radius 2 is 2.00 bits per heavy atom. The minimum atomic E-state index is -0.459. The van der Waals surface area contributed by atoms with E-state index in [-0.39, 0.29) is 11.3 Å². The number of aryl methyl sites for hydroxylation is 1. The lowest BCUT2D eigenvalue weighted by Gasteiger charge is -2.14. The van der Waals surface area contributed by atoms with Gasteiger partial charge < -0.3 is 10.5 Å². The van der Waals surface area contributed by atoms with Crippen LogP contribution in [-0.4, -0.2) is 37.9 Å². The van der Waals surface area contributed by atoms with E-state index < -0.39 is 5.91 Å². The van der Waals surface area contributed by atoms with Gasteiger partial charge in [-0.05, 0) is 36.8 Å². The molecule has 2 aromatic carbocycles. The smallest absolute Gasteiger partial charge is 0.267 e. The van der Waals surface area contributed by atoms with Gasteiger partial charge >= 0.3 is 0 Å². The largest absolute Gasteiger partial charge is 0.495 e. The van der Waals surface area contributed by atoms with Crippen LogP contribution in [0.5, 0.6) is 5.75 Å². The van der Waals surface area contributed by atoms with Gasteiger partial charge in [0.15, 0.2) is 5.16 Å². The van der Waals surface area contributed by atoms with Crippen LogP contribution < -0.4 is 16.0 Å². The fraction of sp³-hybridized carbons (Fsp3) is 0.158. The summed E-state index contributed by atoms with van der Waals surface area (Å²) in [7, 11) is 1.55. The molecule has 0 fully saturated rings. The number of hydrogen-bond donors (Lipinski definition) is 1. The van der Waals surface area contributed by atoms with E-state index in [1.807, 2.05) is 37.3 Å². The molecule has 1 amide bonds. The van der Waals surface area contributed by atoms with Crippen molar-refractivity contribution in [3.05, 3.63) is 58.4 Å². The van der Waals surface area contributed by atoms with E-state index in [0.717, 1.165) is 5.56 Å². The lowest BCUT2D eigenvalue weighted by Crippen LogP contribution is -2.22. The Balaban J connectivity index is 2.12. The molecule has 0 spiro atoms. The summed E-state index contributed by atoms with van der Waals surface area (Å²) in [6, 6.07) is 12.8. The highest BCUT2D eigenvalue weighted by atomic mass is 32.2. The average molecular weight is 395 g/mol. The summed E-state index contributed by atoms with van der Waals surface area (Å²) in [5.41, 5.74) is 7.24. The fourth-order valence-electron chi connectivity index (χ4n) is 3.10. The second-order valence-corrected chi connectivity index (χ2v) is 7.15. The van der Waals surface area contributed by atoms with Crippen LogP contribution in [0.1, 0.15) is 5.56 Å². The topological polar surface area (TPSA) is 105 Å². The number of thioether (sulfide) groups is 1. The van der Waals surface area contributed by atoms with E-state index in [2.05, 4.69) is 10.2 Å². The first-order valence-electron chi connectivity index (χ1n) is 8.46. The third kappa shape index (κ3) is 2.89. The van der Waals surface area contributed by atoms with Crippen LogP contribution in [0.2, 0.25) is 0 Å². The number of ether oxygens (including phenoxy) is 1. The molecule has 0 aliphatic carbocycles. The summed E-state index contributed by atoms with van der Waals surface area (Å²) < 4.78 is 8.71. The quantitative estimate of drug-likeness (QED) is 0.518. The summed E-state index contributed by atoms with van der Waals surface area (Å²) in [6.45, 7) is 1.93. The normalized spacial score (nSPS) is 11.2. The van der Waals surface area contributed by atoms with Crippen molar-refractivity contribution in [2.24, 2.45) is 5.73 Å². The number of carbonyl (C=O) groups excluding carboxylic acids is 1. The molecule has 0 saturated heterocycles. The van der Waals surface area contributed by atoms with Gasteiger partial charge in [-0.15, -0.1) is 10.2 Å². The first-order chi connectivity index (χ1) is 13.5. The predicted octanol–water partition coefficient (Wildman–Crippen LogP) is 1.93. The molecule has 28 heavy (non-hydrogen) atoms. The van der Waals surface area contributed by atoms with Crippen LogP contribution in [-0.2, 0) is 4.79 Å². The number of rotatable bonds is 5. The van der Waals surface area contributed by atoms with E-state index in [4.69, 9.17) is 10.5 Å². The number of hydrogen-bond acceptors (Lipinski definition) is 6. The average Bonchev–Trinajstić information content (AvgIpc) is 3.10. The standard InChI is InChI=1S/C19H17N5O3S/c1-11-7-8-15(27-2)14(9-11)23-17(26)12-5-3-4-6-13(12)24-18(23)21-22-19(24)28-10-16(20)25/h3-9H,10H2,1-2H3,(H2,20,25). The molecule has 2 N–H and O–H groups in total. The third-order valence-electron chi connectivity index (χ3n) is 4.31. The Kier molecular flexibility index (Phi) is 4.52. The van der Waals surface area contributed by atoms with Gasteiger partial charge in [-0.2, -0.15) is 0 Å². The monoisotopic (exact) mass is 395 g/mol. The van der Waals surface area contributed by atoms with Crippen LogP contribution in [0.4, 0.5) is 0 Å². The van der Waals surface area contributed by atoms with E-state index in [0.29, 0.717) is 33.3 Å². The van der Waals surface area contributed by atoms with Gasteiger partial charge in [0.25, 0.3) is 5.56 Å². The number of methoxy groups -OCH3 is 1. The Morgan fingerprint density at radius 3 is 2.75 bits per heavy atom. The number of fused-ring (bicyclic) bond motifs is 3. The fourth-order valence-corrected chi connectivity index (χ4v) is 3.78. The van der Waals surface area contributed by atoms with Gasteiger partial charge in [0, 0.05) is 0 Å². The molecule has 4 rings (SSSR count). The van der Waals surface area contributed by atoms with Crippen molar-refractivity contribution in [3.8, 4) is 11.4 Å². The van der Waals surface area contributed by atoms with Gasteiger partial charge in [0.2, 0.25) is 11.7 Å². The summed E-state index contributed by atoms with van der Waals surface area (Å²) in [4.78, 5) is 24.6. The molecule has 0 radical (unpaired) electrons. The maximum absolute atomic E-state index is 13.3. The SMILES string of the molecule is COc1ccc(C)cc1-n1c(=O)c2ccccc2n2c(SCC(N)=O)nnc12. The lowest BCUT2D eigenvalue weighted by atomic mass is 10.2. The Hall–Kier alpha value is -3.33. The molecule has 0 aliphatic rings. The summed E-state index contributed by atoms with van der Waals surface area (Å²) >= 11 is 1.17. The third-order valence-corrected chi connectivity index (χ3v) is 5.26. The number of amides is 1. The number of para-hydroxylation sites is 1. The first kappa shape index (κ1) is 18.1. The number of aromatic nitrogens is 4. The van der Waals surface area contributed by atoms with Gasteiger partial charge in [0.1, 0.15) is 5.75 Å². The summed E-state index contributed by atoms with van der Waals surface area (Å²) in [6.07, 6.45) is 0. The minimum absolute atomic E-state index is 0.0576. The van der Waals surface area contributed by atoms with Crippen molar-refractivity contribution in [2.45, 2.75) is 12.1 Å². The second-order valence-electron chi connectivity index (χ2n) is 6.21. The number of benzene rings is 2. The molecule has 0 bridgehead atoms. The van der Waals surface area contributed by atoms with Crippen molar-refractivity contribution < 1.29 is 9.53 Å². The number of nitrogens with zero attached hydrogens (tertiary/aromatic N) is 4. The Bertz CT molecular complexity index is 1280. The van der Waals surface area contributed by atoms with E-state index >= 15 is 0 Å². The second kappa shape index (κ2) is 7.01. The van der Waals surface area contributed by atoms with Crippen LogP contribution in [0, 0.1) is 6.92 Å². The molecule has 0 aliphatic heterocycles. The van der Waals surface area contributed by atoms with Crippen LogP contribution in [0.15, 0.2) is 52.4 Å². The predicted molar refractivity (Wildman–Crippen MR) is 107 cm³/mol. The highest BCUT2D eigenvalue weighted by Crippen LogP contribution is 2.27. The molecule has 4 aromatic rings. The Labute approximate surface area is 163 Å². The van der Waals surface area contributed by atoms with Gasteiger partial charge in [-0.3, -0.25) is 14.0 Å². The van der Waals surface area contributed by atoms with Crippen molar-refractivity contribution in [3.63, 3.8) is 0 Å². The Morgan fingerprint density at radius 1 is 1.21 bits per heavy atom. The maximum Gasteiger partial charge on any atom is 0.267 e. The molecule has 0 saturated carbocycles. The summed E-state index contributed by atoms with van der Waals surface area (Å²) in [5, 5.41) is 9.40. The van der Waals surface area contributed by atoms with E-state index in [1.54, 1.807) is 23.6 Å². The van der Waals surface area contributed by atoms with Gasteiger partial charge in [0.05, 0.1) is 29.5 Å². The minimum Gasteiger partial charge on any atom is -0.495 e. The van der Waals surface area contributed by atoms with Crippen molar-refractivity contribution in [1.29, 1.82) is 0 Å². The molecule has 0 unspecified atom stereocenters. The van der Waals surface area contributed by atoms with E-state index in [1.165, 1.54) is 16.3 Å². The maximum atomic E-state index is 13.3. The molecule has 2 aromatic heterocycles. The van der Waals surface area contributed by atoms with Crippen LogP contribution in [0.3, 0.4) is 0 Å². The molecule has 9 heteroatoms.